The van der Waals surface area contributed by atoms with Crippen LogP contribution >= 0.6 is 0 Å². The summed E-state index contributed by atoms with van der Waals surface area (Å²) in [5.74, 6) is 0.831. The van der Waals surface area contributed by atoms with Gasteiger partial charge in [0.15, 0.2) is 5.96 Å². The summed E-state index contributed by atoms with van der Waals surface area (Å²) in [5.41, 5.74) is 6.58. The number of carbonyl (C=O) groups excluding carboxylic acids is 1. The van der Waals surface area contributed by atoms with Crippen LogP contribution in [-0.4, -0.2) is 42.5 Å². The molecular weight excluding hydrogens is 376 g/mol. The maximum absolute atomic E-state index is 13.4. The summed E-state index contributed by atoms with van der Waals surface area (Å²) in [6, 6.07) is 0.650. The monoisotopic (exact) mass is 411 g/mol. The number of amides is 1. The van der Waals surface area contributed by atoms with Gasteiger partial charge in [0.1, 0.15) is 18.5 Å². The molecule has 1 saturated heterocycles. The zero-order valence-electron chi connectivity index (χ0n) is 17.1. The second-order valence-electron chi connectivity index (χ2n) is 9.35. The van der Waals surface area contributed by atoms with Gasteiger partial charge in [0.05, 0.1) is 0 Å². The van der Waals surface area contributed by atoms with Crippen LogP contribution in [0.5, 0.6) is 0 Å². The molecule has 3 saturated carbocycles. The van der Waals surface area contributed by atoms with E-state index in [0.717, 1.165) is 32.1 Å². The molecule has 8 heteroatoms. The van der Waals surface area contributed by atoms with Crippen LogP contribution in [0.3, 0.4) is 0 Å². The Balaban J connectivity index is 1.33. The molecule has 1 heterocycles. The van der Waals surface area contributed by atoms with Gasteiger partial charge in [0, 0.05) is 24.4 Å². The van der Waals surface area contributed by atoms with E-state index in [1.165, 1.54) is 6.42 Å². The van der Waals surface area contributed by atoms with Gasteiger partial charge in [-0.25, -0.2) is 19.2 Å². The molecular formula is C21H35F2N5O. The number of alkyl halides is 2. The zero-order chi connectivity index (χ0) is 20.2. The van der Waals surface area contributed by atoms with Crippen LogP contribution in [0.15, 0.2) is 4.99 Å². The number of carbonyl (C=O) groups is 1. The van der Waals surface area contributed by atoms with Gasteiger partial charge in [0.2, 0.25) is 5.91 Å². The van der Waals surface area contributed by atoms with Crippen molar-refractivity contribution < 1.29 is 13.6 Å². The predicted molar refractivity (Wildman–Crippen MR) is 109 cm³/mol. The fourth-order valence-corrected chi connectivity index (χ4v) is 4.98. The highest BCUT2D eigenvalue weighted by atomic mass is 19.1. The third-order valence-electron chi connectivity index (χ3n) is 7.18. The van der Waals surface area contributed by atoms with E-state index in [0.29, 0.717) is 56.4 Å². The molecule has 0 radical (unpaired) electrons. The summed E-state index contributed by atoms with van der Waals surface area (Å²) in [6.45, 7) is 0. The maximum atomic E-state index is 13.4. The Morgan fingerprint density at radius 2 is 1.52 bits per heavy atom. The van der Waals surface area contributed by atoms with Crippen molar-refractivity contribution in [1.82, 2.24) is 21.5 Å². The number of guanidine groups is 1. The Morgan fingerprint density at radius 3 is 2.14 bits per heavy atom. The summed E-state index contributed by atoms with van der Waals surface area (Å²) < 4.78 is 26.8. The van der Waals surface area contributed by atoms with Crippen molar-refractivity contribution in [3.63, 3.8) is 0 Å². The van der Waals surface area contributed by atoms with E-state index in [1.54, 1.807) is 0 Å². The number of hydrogen-bond donors (Lipinski definition) is 4. The molecule has 164 valence electrons. The van der Waals surface area contributed by atoms with E-state index in [1.807, 2.05) is 0 Å². The largest absolute Gasteiger partial charge is 0.353 e. The quantitative estimate of drug-likeness (QED) is 0.424. The highest BCUT2D eigenvalue weighted by Crippen LogP contribution is 2.31. The zero-order valence-corrected chi connectivity index (χ0v) is 17.1. The molecule has 0 aromatic carbocycles. The van der Waals surface area contributed by atoms with E-state index < -0.39 is 12.3 Å². The number of hydrazine groups is 1. The lowest BCUT2D eigenvalue weighted by molar-refractivity contribution is -0.124. The van der Waals surface area contributed by atoms with Crippen molar-refractivity contribution in [1.29, 1.82) is 0 Å². The van der Waals surface area contributed by atoms with E-state index >= 15 is 0 Å². The Bertz CT molecular complexity index is 584. The molecule has 0 aromatic rings. The highest BCUT2D eigenvalue weighted by Gasteiger charge is 2.34. The minimum atomic E-state index is -0.765. The molecule has 1 aliphatic heterocycles. The minimum absolute atomic E-state index is 0.0498. The number of rotatable bonds is 4. The number of nitrogens with zero attached hydrogens (tertiary/aromatic N) is 1. The number of nitrogens with one attached hydrogen (secondary N) is 4. The summed E-state index contributed by atoms with van der Waals surface area (Å²) in [7, 11) is 0. The van der Waals surface area contributed by atoms with Gasteiger partial charge in [-0.2, -0.15) is 0 Å². The Morgan fingerprint density at radius 1 is 0.862 bits per heavy atom. The van der Waals surface area contributed by atoms with Crippen molar-refractivity contribution in [2.24, 2.45) is 16.8 Å². The van der Waals surface area contributed by atoms with Gasteiger partial charge in [-0.05, 0) is 76.5 Å². The van der Waals surface area contributed by atoms with Crippen molar-refractivity contribution in [2.45, 2.75) is 108 Å². The summed E-state index contributed by atoms with van der Waals surface area (Å²) in [4.78, 5) is 17.5. The summed E-state index contributed by atoms with van der Waals surface area (Å²) in [6.07, 6.45) is 7.97. The first-order chi connectivity index (χ1) is 14.1. The van der Waals surface area contributed by atoms with Crippen LogP contribution in [0.2, 0.25) is 0 Å². The first-order valence-electron chi connectivity index (χ1n) is 11.5. The molecule has 1 amide bonds. The molecule has 6 nitrogen and oxygen atoms in total. The Labute approximate surface area is 172 Å². The number of hydrogen-bond acceptors (Lipinski definition) is 4. The van der Waals surface area contributed by atoms with Crippen LogP contribution in [0.25, 0.3) is 0 Å². The molecule has 3 aliphatic carbocycles. The average Bonchev–Trinajstić information content (AvgIpc) is 3.14. The van der Waals surface area contributed by atoms with Crippen molar-refractivity contribution in [3.05, 3.63) is 0 Å². The van der Waals surface area contributed by atoms with E-state index in [9.17, 15) is 13.6 Å². The van der Waals surface area contributed by atoms with E-state index in [4.69, 9.17) is 4.99 Å². The minimum Gasteiger partial charge on any atom is -0.353 e. The molecule has 0 spiro atoms. The second-order valence-corrected chi connectivity index (χ2v) is 9.35. The third kappa shape index (κ3) is 5.66. The fourth-order valence-electron chi connectivity index (χ4n) is 4.98. The molecule has 4 aliphatic rings. The number of halogens is 2. The lowest BCUT2D eigenvalue weighted by Crippen LogP contribution is -2.51. The maximum Gasteiger partial charge on any atom is 0.229 e. The summed E-state index contributed by atoms with van der Waals surface area (Å²) in [5, 5.41) is 6.37. The van der Waals surface area contributed by atoms with Crippen LogP contribution in [0.4, 0.5) is 8.78 Å². The number of aliphatic imine (C=N–C) groups is 1. The normalized spacial score (nSPS) is 39.0. The van der Waals surface area contributed by atoms with Gasteiger partial charge in [-0.3, -0.25) is 15.5 Å². The van der Waals surface area contributed by atoms with Crippen LogP contribution < -0.4 is 21.5 Å². The molecule has 4 N–H and O–H groups in total. The molecule has 2 atom stereocenters. The van der Waals surface area contributed by atoms with E-state index in [-0.39, 0.29) is 24.0 Å². The topological polar surface area (TPSA) is 77.5 Å². The van der Waals surface area contributed by atoms with Gasteiger partial charge in [-0.1, -0.05) is 0 Å². The second kappa shape index (κ2) is 9.69. The smallest absolute Gasteiger partial charge is 0.229 e. The molecule has 0 aromatic heterocycles. The lowest BCUT2D eigenvalue weighted by Gasteiger charge is -2.30. The standard InChI is InChI=1S/C21H35F2N5O/c22-15-8-4-13(5-9-15)18-12-19(28-27-18)25-21(24-17-2-1-3-17)26-20(29)14-6-10-16(23)11-7-14/h13-19,27-28H,1-12H2,(H2,24,25,26,29). The molecule has 2 unspecified atom stereocenters. The van der Waals surface area contributed by atoms with Gasteiger partial charge in [0.25, 0.3) is 0 Å². The lowest BCUT2D eigenvalue weighted by atomic mass is 9.82. The SMILES string of the molecule is O=C(N/C(=N/C1CC(C2CCC(F)CC2)NN1)NC1CCC1)C1CCC(F)CC1. The molecule has 0 bridgehead atoms. The highest BCUT2D eigenvalue weighted by molar-refractivity contribution is 5.98. The average molecular weight is 412 g/mol. The van der Waals surface area contributed by atoms with Gasteiger partial charge >= 0.3 is 0 Å². The Hall–Kier alpha value is -1.28. The van der Waals surface area contributed by atoms with Crippen molar-refractivity contribution in [3.8, 4) is 0 Å². The third-order valence-corrected chi connectivity index (χ3v) is 7.18. The molecule has 29 heavy (non-hydrogen) atoms. The van der Waals surface area contributed by atoms with Crippen LogP contribution in [0, 0.1) is 11.8 Å². The fraction of sp³-hybridized carbons (Fsp3) is 0.905. The van der Waals surface area contributed by atoms with Crippen molar-refractivity contribution in [2.75, 3.05) is 0 Å². The van der Waals surface area contributed by atoms with Gasteiger partial charge in [-0.15, -0.1) is 0 Å². The summed E-state index contributed by atoms with van der Waals surface area (Å²) >= 11 is 0. The molecule has 4 rings (SSSR count). The van der Waals surface area contributed by atoms with Crippen LogP contribution in [0.1, 0.15) is 77.0 Å². The van der Waals surface area contributed by atoms with E-state index in [2.05, 4.69) is 21.5 Å². The van der Waals surface area contributed by atoms with Gasteiger partial charge < -0.3 is 5.32 Å². The first kappa shape index (κ1) is 21.0. The first-order valence-corrected chi connectivity index (χ1v) is 11.5. The van der Waals surface area contributed by atoms with Crippen LogP contribution in [-0.2, 0) is 4.79 Å². The Kier molecular flexibility index (Phi) is 7.00. The molecule has 4 fully saturated rings. The predicted octanol–water partition coefficient (Wildman–Crippen LogP) is 2.85. The van der Waals surface area contributed by atoms with Crippen molar-refractivity contribution >= 4 is 11.9 Å².